The van der Waals surface area contributed by atoms with Crippen molar-refractivity contribution < 1.29 is 4.79 Å². The normalized spacial score (nSPS) is 12.6. The fourth-order valence-corrected chi connectivity index (χ4v) is 2.74. The standard InChI is InChI=1S/C21H23Cl2N5O/c1-21(2,3)19(27-18(29)14-8-10-16(22)11-9-14)28-20(26-13-24)25-12-15-6-4-5-7-17(15)23/h4-11,19H,12H2,1-3H3,(H,27,29)(H2,25,26,28). The number of carbonyl (C=O) groups excluding carboxylic acids is 1. The van der Waals surface area contributed by atoms with Crippen LogP contribution in [0, 0.1) is 16.9 Å². The maximum Gasteiger partial charge on any atom is 0.252 e. The Balaban J connectivity index is 2.12. The molecular formula is C21H23Cl2N5O. The Bertz CT molecular complexity index is 914. The summed E-state index contributed by atoms with van der Waals surface area (Å²) in [6.45, 7) is 6.26. The second-order valence-electron chi connectivity index (χ2n) is 7.43. The molecule has 1 amide bonds. The number of nitrogens with zero attached hydrogens (tertiary/aromatic N) is 2. The first-order valence-electron chi connectivity index (χ1n) is 8.97. The number of halogens is 2. The molecule has 0 fully saturated rings. The van der Waals surface area contributed by atoms with Gasteiger partial charge in [-0.25, -0.2) is 0 Å². The van der Waals surface area contributed by atoms with Crippen LogP contribution in [0.5, 0.6) is 0 Å². The minimum absolute atomic E-state index is 0.240. The lowest BCUT2D eigenvalue weighted by molar-refractivity contribution is 0.0894. The van der Waals surface area contributed by atoms with E-state index in [0.717, 1.165) is 5.56 Å². The first-order chi connectivity index (χ1) is 13.7. The van der Waals surface area contributed by atoms with E-state index in [1.54, 1.807) is 36.5 Å². The van der Waals surface area contributed by atoms with Crippen LogP contribution in [-0.2, 0) is 6.54 Å². The molecule has 0 heterocycles. The van der Waals surface area contributed by atoms with E-state index >= 15 is 0 Å². The molecule has 0 saturated heterocycles. The van der Waals surface area contributed by atoms with Gasteiger partial charge < -0.3 is 16.0 Å². The Labute approximate surface area is 180 Å². The van der Waals surface area contributed by atoms with E-state index in [-0.39, 0.29) is 17.3 Å². The second-order valence-corrected chi connectivity index (χ2v) is 8.27. The summed E-state index contributed by atoms with van der Waals surface area (Å²) in [5, 5.41) is 19.3. The summed E-state index contributed by atoms with van der Waals surface area (Å²) >= 11 is 12.1. The molecule has 2 aromatic carbocycles. The van der Waals surface area contributed by atoms with Gasteiger partial charge >= 0.3 is 0 Å². The van der Waals surface area contributed by atoms with Crippen molar-refractivity contribution in [2.24, 2.45) is 10.4 Å². The Morgan fingerprint density at radius 2 is 1.76 bits per heavy atom. The predicted octanol–water partition coefficient (Wildman–Crippen LogP) is 4.31. The van der Waals surface area contributed by atoms with Crippen molar-refractivity contribution in [3.8, 4) is 6.19 Å². The van der Waals surface area contributed by atoms with Gasteiger partial charge in [0.1, 0.15) is 6.17 Å². The molecule has 0 aliphatic carbocycles. The molecule has 6 nitrogen and oxygen atoms in total. The molecule has 0 spiro atoms. The third-order valence-electron chi connectivity index (χ3n) is 4.09. The molecule has 0 saturated carbocycles. The van der Waals surface area contributed by atoms with Crippen LogP contribution in [0.1, 0.15) is 36.7 Å². The lowest BCUT2D eigenvalue weighted by Gasteiger charge is -2.33. The number of rotatable bonds is 5. The first kappa shape index (κ1) is 22.5. The summed E-state index contributed by atoms with van der Waals surface area (Å²) in [6, 6.07) is 14.0. The number of carbonyl (C=O) groups is 1. The van der Waals surface area contributed by atoms with Crippen LogP contribution >= 0.6 is 23.2 Å². The molecule has 0 aromatic heterocycles. The summed E-state index contributed by atoms with van der Waals surface area (Å²) in [7, 11) is 0. The zero-order valence-corrected chi connectivity index (χ0v) is 18.0. The lowest BCUT2D eigenvalue weighted by atomic mass is 9.92. The van der Waals surface area contributed by atoms with Crippen molar-refractivity contribution in [1.29, 1.82) is 5.26 Å². The highest BCUT2D eigenvalue weighted by Crippen LogP contribution is 2.19. The van der Waals surface area contributed by atoms with Gasteiger partial charge in [-0.1, -0.05) is 62.2 Å². The van der Waals surface area contributed by atoms with E-state index in [1.807, 2.05) is 39.0 Å². The maximum atomic E-state index is 12.6. The number of benzene rings is 2. The maximum absolute atomic E-state index is 12.6. The fourth-order valence-electron chi connectivity index (χ4n) is 2.42. The van der Waals surface area contributed by atoms with Gasteiger partial charge in [0.25, 0.3) is 5.91 Å². The highest BCUT2D eigenvalue weighted by atomic mass is 35.5. The largest absolute Gasteiger partial charge is 0.351 e. The molecule has 3 N–H and O–H groups in total. The number of nitrogens with one attached hydrogen (secondary N) is 3. The smallest absolute Gasteiger partial charge is 0.252 e. The average molecular weight is 432 g/mol. The minimum Gasteiger partial charge on any atom is -0.351 e. The summed E-state index contributed by atoms with van der Waals surface area (Å²) in [5.41, 5.74) is 0.969. The summed E-state index contributed by atoms with van der Waals surface area (Å²) in [6.07, 6.45) is 1.27. The van der Waals surface area contributed by atoms with E-state index in [9.17, 15) is 4.79 Å². The minimum atomic E-state index is -0.503. The van der Waals surface area contributed by atoms with Crippen LogP contribution in [0.15, 0.2) is 53.5 Å². The van der Waals surface area contributed by atoms with Gasteiger partial charge in [0, 0.05) is 27.6 Å². The zero-order valence-electron chi connectivity index (χ0n) is 16.5. The first-order valence-corrected chi connectivity index (χ1v) is 9.73. The Morgan fingerprint density at radius 3 is 2.34 bits per heavy atom. The molecule has 29 heavy (non-hydrogen) atoms. The van der Waals surface area contributed by atoms with Crippen molar-refractivity contribution in [3.05, 3.63) is 69.7 Å². The molecule has 1 unspecified atom stereocenters. The van der Waals surface area contributed by atoms with Crippen LogP contribution < -0.4 is 16.0 Å². The van der Waals surface area contributed by atoms with Gasteiger partial charge in [-0.05, 0) is 35.9 Å². The molecule has 0 bridgehead atoms. The van der Waals surface area contributed by atoms with Crippen molar-refractivity contribution in [2.45, 2.75) is 33.5 Å². The van der Waals surface area contributed by atoms with Gasteiger partial charge in [0.15, 0.2) is 0 Å². The molecule has 0 aliphatic heterocycles. The molecule has 8 heteroatoms. The molecular weight excluding hydrogens is 409 g/mol. The van der Waals surface area contributed by atoms with Gasteiger partial charge in [-0.15, -0.1) is 4.99 Å². The topological polar surface area (TPSA) is 89.3 Å². The van der Waals surface area contributed by atoms with Crippen LogP contribution in [-0.4, -0.2) is 18.0 Å². The number of hydrogen-bond acceptors (Lipinski definition) is 3. The lowest BCUT2D eigenvalue weighted by Crippen LogP contribution is -2.57. The van der Waals surface area contributed by atoms with Gasteiger partial charge in [-0.2, -0.15) is 5.26 Å². The molecule has 0 aliphatic rings. The van der Waals surface area contributed by atoms with E-state index in [0.29, 0.717) is 22.2 Å². The number of guanidine groups is 1. The van der Waals surface area contributed by atoms with Crippen molar-refractivity contribution in [1.82, 2.24) is 16.0 Å². The Hall–Kier alpha value is -2.75. The quantitative estimate of drug-likeness (QED) is 0.284. The van der Waals surface area contributed by atoms with Gasteiger partial charge in [0.05, 0.1) is 0 Å². The van der Waals surface area contributed by atoms with E-state index in [2.05, 4.69) is 20.9 Å². The summed E-state index contributed by atoms with van der Waals surface area (Å²) in [4.78, 5) is 16.4. The van der Waals surface area contributed by atoms with E-state index in [4.69, 9.17) is 28.5 Å². The Kier molecular flexibility index (Phi) is 7.89. The number of hydrogen-bond donors (Lipinski definition) is 3. The Morgan fingerprint density at radius 1 is 1.10 bits per heavy atom. The highest BCUT2D eigenvalue weighted by molar-refractivity contribution is 6.31. The highest BCUT2D eigenvalue weighted by Gasteiger charge is 2.27. The van der Waals surface area contributed by atoms with E-state index < -0.39 is 6.17 Å². The molecule has 2 aromatic rings. The number of amides is 1. The van der Waals surface area contributed by atoms with Crippen LogP contribution in [0.25, 0.3) is 0 Å². The van der Waals surface area contributed by atoms with Crippen molar-refractivity contribution in [3.63, 3.8) is 0 Å². The number of aliphatic imine (C=N–C) groups is 1. The van der Waals surface area contributed by atoms with Crippen LogP contribution in [0.2, 0.25) is 10.0 Å². The van der Waals surface area contributed by atoms with Crippen LogP contribution in [0.3, 0.4) is 0 Å². The van der Waals surface area contributed by atoms with Crippen LogP contribution in [0.4, 0.5) is 0 Å². The molecule has 152 valence electrons. The van der Waals surface area contributed by atoms with Gasteiger partial charge in [0.2, 0.25) is 12.2 Å². The van der Waals surface area contributed by atoms with Gasteiger partial charge in [-0.3, -0.25) is 4.79 Å². The second kappa shape index (κ2) is 10.1. The third-order valence-corrected chi connectivity index (χ3v) is 4.72. The zero-order chi connectivity index (χ0) is 21.4. The summed E-state index contributed by atoms with van der Waals surface area (Å²) < 4.78 is 0. The average Bonchev–Trinajstić information content (AvgIpc) is 2.66. The number of nitriles is 1. The van der Waals surface area contributed by atoms with E-state index in [1.165, 1.54) is 0 Å². The molecule has 2 rings (SSSR count). The SMILES string of the molecule is CC(C)(C)C(NC(=O)c1ccc(Cl)cc1)N/C(=N\C#N)NCc1ccccc1Cl. The van der Waals surface area contributed by atoms with Crippen molar-refractivity contribution in [2.75, 3.05) is 0 Å². The molecule has 1 atom stereocenters. The monoisotopic (exact) mass is 431 g/mol. The fraction of sp³-hybridized carbons (Fsp3) is 0.286. The van der Waals surface area contributed by atoms with Crippen molar-refractivity contribution >= 4 is 35.1 Å². The summed E-state index contributed by atoms with van der Waals surface area (Å²) in [5.74, 6) is -0.0275. The third kappa shape index (κ3) is 6.97. The molecule has 0 radical (unpaired) electrons. The predicted molar refractivity (Wildman–Crippen MR) is 117 cm³/mol.